The second-order valence-electron chi connectivity index (χ2n) is 4.67. The van der Waals surface area contributed by atoms with Crippen molar-refractivity contribution in [1.29, 1.82) is 0 Å². The maximum atomic E-state index is 5.99. The third-order valence-corrected chi connectivity index (χ3v) is 4.05. The Morgan fingerprint density at radius 2 is 2.11 bits per heavy atom. The number of hydrogen-bond donors (Lipinski definition) is 2. The Morgan fingerprint density at radius 1 is 1.26 bits per heavy atom. The highest BCUT2D eigenvalue weighted by Crippen LogP contribution is 2.36. The molecule has 0 spiro atoms. The predicted molar refractivity (Wildman–Crippen MR) is 78.8 cm³/mol. The van der Waals surface area contributed by atoms with Gasteiger partial charge in [0.2, 0.25) is 0 Å². The van der Waals surface area contributed by atoms with Crippen LogP contribution in [0.2, 0.25) is 0 Å². The topological polar surface area (TPSA) is 67.1 Å². The number of hydrazine groups is 1. The Hall–Kier alpha value is -1.66. The summed E-state index contributed by atoms with van der Waals surface area (Å²) in [5.41, 5.74) is 11.4. The third kappa shape index (κ3) is 2.69. The van der Waals surface area contributed by atoms with Crippen molar-refractivity contribution in [2.24, 2.45) is 0 Å². The number of aromatic nitrogens is 2. The van der Waals surface area contributed by atoms with E-state index in [1.54, 1.807) is 6.20 Å². The van der Waals surface area contributed by atoms with Gasteiger partial charge in [0.15, 0.2) is 0 Å². The molecule has 6 heteroatoms. The van der Waals surface area contributed by atoms with E-state index in [0.29, 0.717) is 5.82 Å². The summed E-state index contributed by atoms with van der Waals surface area (Å²) in [7, 11) is 0. The molecular weight excluding hydrogens is 258 g/mol. The first kappa shape index (κ1) is 12.4. The lowest BCUT2D eigenvalue weighted by Crippen LogP contribution is -2.34. The fraction of sp³-hybridized carbons (Fsp3) is 0.385. The van der Waals surface area contributed by atoms with Gasteiger partial charge >= 0.3 is 0 Å². The van der Waals surface area contributed by atoms with Crippen molar-refractivity contribution < 1.29 is 0 Å². The molecule has 3 heterocycles. The highest BCUT2D eigenvalue weighted by molar-refractivity contribution is 7.11. The Bertz CT molecular complexity index is 533. The smallest absolute Gasteiger partial charge is 0.147 e. The molecule has 0 atom stereocenters. The van der Waals surface area contributed by atoms with E-state index in [9.17, 15) is 0 Å². The summed E-state index contributed by atoms with van der Waals surface area (Å²) in [6.45, 7) is 2.15. The van der Waals surface area contributed by atoms with Gasteiger partial charge in [-0.05, 0) is 30.4 Å². The van der Waals surface area contributed by atoms with E-state index < -0.39 is 0 Å². The molecule has 1 aliphatic rings. The van der Waals surface area contributed by atoms with Crippen LogP contribution in [0.3, 0.4) is 0 Å². The minimum Gasteiger partial charge on any atom is -0.382 e. The van der Waals surface area contributed by atoms with Crippen LogP contribution in [-0.2, 0) is 0 Å². The molecule has 0 amide bonds. The second kappa shape index (κ2) is 5.54. The van der Waals surface area contributed by atoms with E-state index >= 15 is 0 Å². The number of nitrogens with two attached hydrogens (primary N) is 1. The molecule has 0 bridgehead atoms. The van der Waals surface area contributed by atoms with Crippen LogP contribution >= 0.6 is 11.5 Å². The van der Waals surface area contributed by atoms with Crippen molar-refractivity contribution in [3.8, 4) is 11.1 Å². The monoisotopic (exact) mass is 275 g/mol. The van der Waals surface area contributed by atoms with Crippen molar-refractivity contribution >= 4 is 22.4 Å². The molecule has 2 aromatic heterocycles. The van der Waals surface area contributed by atoms with Crippen molar-refractivity contribution in [1.82, 2.24) is 14.4 Å². The van der Waals surface area contributed by atoms with Gasteiger partial charge in [-0.25, -0.2) is 5.01 Å². The fourth-order valence-corrected chi connectivity index (χ4v) is 3.08. The maximum Gasteiger partial charge on any atom is 0.147 e. The van der Waals surface area contributed by atoms with E-state index in [1.165, 1.54) is 30.8 Å². The zero-order chi connectivity index (χ0) is 13.1. The summed E-state index contributed by atoms with van der Waals surface area (Å²) in [5, 5.41) is 3.25. The molecule has 1 saturated heterocycles. The van der Waals surface area contributed by atoms with Crippen LogP contribution in [0.15, 0.2) is 24.5 Å². The Kier molecular flexibility index (Phi) is 3.61. The molecule has 1 aliphatic heterocycles. The molecule has 0 radical (unpaired) electrons. The van der Waals surface area contributed by atoms with Gasteiger partial charge in [-0.3, -0.25) is 4.98 Å². The van der Waals surface area contributed by atoms with Crippen LogP contribution < -0.4 is 11.2 Å². The lowest BCUT2D eigenvalue weighted by atomic mass is 10.1. The van der Waals surface area contributed by atoms with Gasteiger partial charge in [0.05, 0.1) is 5.56 Å². The second-order valence-corrected chi connectivity index (χ2v) is 5.45. The molecule has 0 aromatic carbocycles. The summed E-state index contributed by atoms with van der Waals surface area (Å²) in [4.78, 5) is 4.15. The first-order valence-corrected chi connectivity index (χ1v) is 7.29. The first-order chi connectivity index (χ1) is 9.34. The highest BCUT2D eigenvalue weighted by atomic mass is 32.1. The number of hydrogen-bond acceptors (Lipinski definition) is 6. The molecule has 5 nitrogen and oxygen atoms in total. The van der Waals surface area contributed by atoms with Crippen LogP contribution in [0.5, 0.6) is 0 Å². The average Bonchev–Trinajstić information content (AvgIpc) is 2.82. The van der Waals surface area contributed by atoms with Crippen LogP contribution in [0.4, 0.5) is 10.8 Å². The van der Waals surface area contributed by atoms with E-state index in [-0.39, 0.29) is 0 Å². The van der Waals surface area contributed by atoms with Crippen molar-refractivity contribution in [2.75, 3.05) is 24.2 Å². The number of nitrogen functional groups attached to an aromatic ring is 1. The van der Waals surface area contributed by atoms with Gasteiger partial charge < -0.3 is 11.2 Å². The predicted octanol–water partition coefficient (Wildman–Crippen LogP) is 2.60. The van der Waals surface area contributed by atoms with Crippen molar-refractivity contribution in [3.05, 3.63) is 24.5 Å². The Morgan fingerprint density at radius 3 is 2.84 bits per heavy atom. The maximum absolute atomic E-state index is 5.99. The molecule has 0 aliphatic carbocycles. The summed E-state index contributed by atoms with van der Waals surface area (Å²) in [6.07, 6.45) is 7.38. The normalized spacial score (nSPS) is 16.4. The standard InChI is InChI=1S/C13H17N5S/c14-12-11(10-5-4-6-15-9-10)13(19-17-12)16-18-7-2-1-3-8-18/h4-6,9,16H,1-3,7-8H2,(H2,14,17). The van der Waals surface area contributed by atoms with Crippen LogP contribution in [0, 0.1) is 0 Å². The molecule has 0 unspecified atom stereocenters. The summed E-state index contributed by atoms with van der Waals surface area (Å²) in [6, 6.07) is 3.92. The van der Waals surface area contributed by atoms with Crippen molar-refractivity contribution in [3.63, 3.8) is 0 Å². The molecule has 0 saturated carbocycles. The number of rotatable bonds is 3. The van der Waals surface area contributed by atoms with Crippen molar-refractivity contribution in [2.45, 2.75) is 19.3 Å². The summed E-state index contributed by atoms with van der Waals surface area (Å²) >= 11 is 1.41. The van der Waals surface area contributed by atoms with E-state index in [0.717, 1.165) is 29.2 Å². The zero-order valence-electron chi connectivity index (χ0n) is 10.7. The molecule has 3 rings (SSSR count). The molecule has 100 valence electrons. The number of nitrogens with one attached hydrogen (secondary N) is 1. The first-order valence-electron chi connectivity index (χ1n) is 6.52. The SMILES string of the molecule is Nc1nsc(NN2CCCCC2)c1-c1cccnc1. The lowest BCUT2D eigenvalue weighted by molar-refractivity contribution is 0.274. The molecule has 2 aromatic rings. The number of nitrogens with zero attached hydrogens (tertiary/aromatic N) is 3. The van der Waals surface area contributed by atoms with Crippen LogP contribution in [0.25, 0.3) is 11.1 Å². The van der Waals surface area contributed by atoms with Gasteiger partial charge in [-0.15, -0.1) is 0 Å². The van der Waals surface area contributed by atoms with Gasteiger partial charge in [-0.2, -0.15) is 4.37 Å². The Balaban J connectivity index is 1.86. The minimum atomic E-state index is 0.567. The largest absolute Gasteiger partial charge is 0.382 e. The van der Waals surface area contributed by atoms with E-state index in [4.69, 9.17) is 5.73 Å². The molecule has 3 N–H and O–H groups in total. The van der Waals surface area contributed by atoms with E-state index in [2.05, 4.69) is 19.8 Å². The average molecular weight is 275 g/mol. The highest BCUT2D eigenvalue weighted by Gasteiger charge is 2.17. The third-order valence-electron chi connectivity index (χ3n) is 3.28. The van der Waals surface area contributed by atoms with Crippen LogP contribution in [-0.4, -0.2) is 27.5 Å². The zero-order valence-corrected chi connectivity index (χ0v) is 11.5. The molecular formula is C13H17N5S. The number of anilines is 2. The summed E-state index contributed by atoms with van der Waals surface area (Å²) in [5.74, 6) is 0.567. The van der Waals surface area contributed by atoms with Crippen LogP contribution in [0.1, 0.15) is 19.3 Å². The lowest BCUT2D eigenvalue weighted by Gasteiger charge is -2.27. The molecule has 1 fully saturated rings. The number of piperidine rings is 1. The minimum absolute atomic E-state index is 0.567. The summed E-state index contributed by atoms with van der Waals surface area (Å²) < 4.78 is 4.26. The number of pyridine rings is 1. The fourth-order valence-electron chi connectivity index (χ4n) is 2.32. The van der Waals surface area contributed by atoms with E-state index in [1.807, 2.05) is 18.3 Å². The van der Waals surface area contributed by atoms with Gasteiger partial charge in [-0.1, -0.05) is 12.5 Å². The quantitative estimate of drug-likeness (QED) is 0.901. The van der Waals surface area contributed by atoms with Gasteiger partial charge in [0.25, 0.3) is 0 Å². The van der Waals surface area contributed by atoms with Gasteiger partial charge in [0, 0.05) is 31.0 Å². The molecule has 19 heavy (non-hydrogen) atoms. The Labute approximate surface area is 116 Å². The van der Waals surface area contributed by atoms with Gasteiger partial charge in [0.1, 0.15) is 10.8 Å².